The topological polar surface area (TPSA) is 186 Å². The highest BCUT2D eigenvalue weighted by molar-refractivity contribution is 6.05. The number of ether oxygens (including phenoxy) is 3. The Morgan fingerprint density at radius 1 is 1.06 bits per heavy atom. The number of fused-ring (bicyclic) bond motifs is 1. The number of hydrogen-bond donors (Lipinski definition) is 7. The minimum atomic E-state index is -2.00. The third kappa shape index (κ3) is 3.52. The maximum absolute atomic E-state index is 13.2. The molecule has 1 fully saturated rings. The average Bonchev–Trinajstić information content (AvgIpc) is 3.00. The molecule has 31 heavy (non-hydrogen) atoms. The van der Waals surface area contributed by atoms with Crippen LogP contribution < -0.4 is 4.74 Å². The summed E-state index contributed by atoms with van der Waals surface area (Å²) in [6, 6.07) is 5.70. The number of ketones is 1. The monoisotopic (exact) mass is 436 g/mol. The van der Waals surface area contributed by atoms with E-state index in [9.17, 15) is 40.5 Å². The fourth-order valence-electron chi connectivity index (χ4n) is 3.55. The number of Topliss-reactive ketones (excluding diaryl/α,β-unsaturated/α-hetero) is 1. The summed E-state index contributed by atoms with van der Waals surface area (Å²) in [5.74, 6) is -2.78. The van der Waals surface area contributed by atoms with Gasteiger partial charge in [0.05, 0.1) is 13.2 Å². The maximum Gasteiger partial charge on any atom is 0.203 e. The number of hydrogen-bond acceptors (Lipinski definition) is 11. The highest BCUT2D eigenvalue weighted by atomic mass is 16.7. The van der Waals surface area contributed by atoms with Crippen LogP contribution in [-0.4, -0.2) is 78.8 Å². The van der Waals surface area contributed by atoms with Gasteiger partial charge in [0.15, 0.2) is 30.0 Å². The van der Waals surface area contributed by atoms with E-state index in [1.54, 1.807) is 0 Å². The third-order valence-electron chi connectivity index (χ3n) is 5.29. The summed E-state index contributed by atoms with van der Waals surface area (Å²) in [4.78, 5) is 13.2. The van der Waals surface area contributed by atoms with Gasteiger partial charge in [0.25, 0.3) is 0 Å². The van der Waals surface area contributed by atoms with Gasteiger partial charge >= 0.3 is 0 Å². The van der Waals surface area contributed by atoms with E-state index in [1.165, 1.54) is 6.07 Å². The van der Waals surface area contributed by atoms with Crippen molar-refractivity contribution in [2.45, 2.75) is 30.2 Å². The van der Waals surface area contributed by atoms with Gasteiger partial charge in [0.2, 0.25) is 5.78 Å². The predicted octanol–water partition coefficient (Wildman–Crippen LogP) is -0.349. The largest absolute Gasteiger partial charge is 0.508 e. The second kappa shape index (κ2) is 7.55. The first kappa shape index (κ1) is 21.2. The summed E-state index contributed by atoms with van der Waals surface area (Å²) in [7, 11) is 0. The Kier molecular flexibility index (Phi) is 5.15. The van der Waals surface area contributed by atoms with Gasteiger partial charge < -0.3 is 50.0 Å². The Hall–Kier alpha value is -3.09. The summed E-state index contributed by atoms with van der Waals surface area (Å²) in [6.07, 6.45) is -6.02. The molecule has 7 N–H and O–H groups in total. The lowest BCUT2D eigenvalue weighted by atomic mass is 9.92. The van der Waals surface area contributed by atoms with Crippen molar-refractivity contribution in [3.05, 3.63) is 41.5 Å². The summed E-state index contributed by atoms with van der Waals surface area (Å²) in [6.45, 7) is -1.28. The molecule has 0 amide bonds. The van der Waals surface area contributed by atoms with Gasteiger partial charge in [-0.25, -0.2) is 0 Å². The molecule has 0 spiro atoms. The van der Waals surface area contributed by atoms with Crippen LogP contribution in [0.1, 0.15) is 22.0 Å². The number of phenolic OH excluding ortho intramolecular Hbond substituents is 4. The Morgan fingerprint density at radius 3 is 2.45 bits per heavy atom. The maximum atomic E-state index is 13.2. The van der Waals surface area contributed by atoms with E-state index in [0.717, 1.165) is 24.3 Å². The van der Waals surface area contributed by atoms with Crippen LogP contribution in [0.15, 0.2) is 30.3 Å². The molecule has 0 unspecified atom stereocenters. The zero-order valence-electron chi connectivity index (χ0n) is 15.9. The van der Waals surface area contributed by atoms with Gasteiger partial charge in [0, 0.05) is 12.1 Å². The highest BCUT2D eigenvalue weighted by Crippen LogP contribution is 2.44. The molecule has 166 valence electrons. The van der Waals surface area contributed by atoms with Crippen LogP contribution in [0.4, 0.5) is 0 Å². The van der Waals surface area contributed by atoms with Gasteiger partial charge in [-0.05, 0) is 17.7 Å². The Morgan fingerprint density at radius 2 is 1.81 bits per heavy atom. The molecule has 2 aromatic carbocycles. The minimum Gasteiger partial charge on any atom is -0.508 e. The number of aromatic hydroxyl groups is 4. The molecule has 11 nitrogen and oxygen atoms in total. The lowest BCUT2D eigenvalue weighted by Crippen LogP contribution is -2.49. The van der Waals surface area contributed by atoms with Gasteiger partial charge in [-0.1, -0.05) is 6.07 Å². The summed E-state index contributed by atoms with van der Waals surface area (Å²) in [5.41, 5.74) is -2.10. The van der Waals surface area contributed by atoms with Crippen molar-refractivity contribution in [2.24, 2.45) is 0 Å². The number of rotatable bonds is 4. The first-order valence-corrected chi connectivity index (χ1v) is 9.21. The molecular weight excluding hydrogens is 416 g/mol. The molecule has 0 saturated carbocycles. The molecular formula is C20H20O11. The van der Waals surface area contributed by atoms with E-state index in [4.69, 9.17) is 14.2 Å². The summed E-state index contributed by atoms with van der Waals surface area (Å²) in [5, 5.41) is 69.1. The first-order chi connectivity index (χ1) is 14.6. The minimum absolute atomic E-state index is 0.153. The predicted molar refractivity (Wildman–Crippen MR) is 99.9 cm³/mol. The SMILES string of the molecule is O=C1c2c(O)cc(O)cc2O[C@@H](c2ccc(O)c(O)c2)[C@H]1O[C@@H]1OC[C@@](O)(CO)[C@H]1O. The Labute approximate surface area is 174 Å². The van der Waals surface area contributed by atoms with Crippen molar-refractivity contribution >= 4 is 5.78 Å². The van der Waals surface area contributed by atoms with E-state index < -0.39 is 66.4 Å². The zero-order valence-corrected chi connectivity index (χ0v) is 15.9. The zero-order chi connectivity index (χ0) is 22.5. The lowest BCUT2D eigenvalue weighted by Gasteiger charge is -2.35. The molecule has 4 rings (SSSR count). The van der Waals surface area contributed by atoms with E-state index in [2.05, 4.69) is 0 Å². The van der Waals surface area contributed by atoms with Gasteiger partial charge in [-0.3, -0.25) is 4.79 Å². The standard InChI is InChI=1S/C20H20O11/c21-6-20(28)7-29-19(18(20)27)31-17-15(26)14-12(25)4-9(22)5-13(14)30-16(17)8-1-2-10(23)11(24)3-8/h1-5,16-19,21-25,27-28H,6-7H2/t16-,17-,18-,19-,20-/m0/s1. The van der Waals surface area contributed by atoms with Crippen LogP contribution in [0.5, 0.6) is 28.7 Å². The molecule has 2 aliphatic heterocycles. The van der Waals surface area contributed by atoms with Gasteiger partial charge in [-0.2, -0.15) is 0 Å². The van der Waals surface area contributed by atoms with Crippen molar-refractivity contribution in [2.75, 3.05) is 13.2 Å². The number of carbonyl (C=O) groups excluding carboxylic acids is 1. The molecule has 2 aromatic rings. The van der Waals surface area contributed by atoms with E-state index in [1.807, 2.05) is 0 Å². The molecule has 0 bridgehead atoms. The van der Waals surface area contributed by atoms with Crippen molar-refractivity contribution in [3.8, 4) is 28.7 Å². The number of benzene rings is 2. The normalized spacial score (nSPS) is 30.1. The molecule has 11 heteroatoms. The highest BCUT2D eigenvalue weighted by Gasteiger charge is 2.52. The molecule has 2 aliphatic rings. The number of aliphatic hydroxyl groups excluding tert-OH is 2. The third-order valence-corrected chi connectivity index (χ3v) is 5.29. The van der Waals surface area contributed by atoms with Gasteiger partial charge in [-0.15, -0.1) is 0 Å². The van der Waals surface area contributed by atoms with Crippen LogP contribution in [-0.2, 0) is 9.47 Å². The van der Waals surface area contributed by atoms with Crippen LogP contribution in [0.3, 0.4) is 0 Å². The average molecular weight is 436 g/mol. The number of phenols is 4. The van der Waals surface area contributed by atoms with Crippen LogP contribution >= 0.6 is 0 Å². The van der Waals surface area contributed by atoms with E-state index in [0.29, 0.717) is 0 Å². The summed E-state index contributed by atoms with van der Waals surface area (Å²) < 4.78 is 16.6. The smallest absolute Gasteiger partial charge is 0.203 e. The first-order valence-electron chi connectivity index (χ1n) is 9.21. The lowest BCUT2D eigenvalue weighted by molar-refractivity contribution is -0.192. The number of aliphatic hydroxyl groups is 3. The second-order valence-corrected chi connectivity index (χ2v) is 7.43. The van der Waals surface area contributed by atoms with Crippen LogP contribution in [0.25, 0.3) is 0 Å². The second-order valence-electron chi connectivity index (χ2n) is 7.43. The molecule has 0 radical (unpaired) electrons. The molecule has 5 atom stereocenters. The van der Waals surface area contributed by atoms with Crippen LogP contribution in [0.2, 0.25) is 0 Å². The van der Waals surface area contributed by atoms with Crippen molar-refractivity contribution in [1.82, 2.24) is 0 Å². The van der Waals surface area contributed by atoms with Crippen molar-refractivity contribution in [1.29, 1.82) is 0 Å². The fourth-order valence-corrected chi connectivity index (χ4v) is 3.55. The molecule has 0 aromatic heterocycles. The van der Waals surface area contributed by atoms with Crippen molar-refractivity contribution in [3.63, 3.8) is 0 Å². The van der Waals surface area contributed by atoms with Crippen LogP contribution in [0, 0.1) is 0 Å². The Balaban J connectivity index is 1.75. The quantitative estimate of drug-likeness (QED) is 0.311. The molecule has 0 aliphatic carbocycles. The molecule has 1 saturated heterocycles. The number of carbonyl (C=O) groups is 1. The van der Waals surface area contributed by atoms with E-state index >= 15 is 0 Å². The molecule has 2 heterocycles. The van der Waals surface area contributed by atoms with E-state index in [-0.39, 0.29) is 22.6 Å². The van der Waals surface area contributed by atoms with Crippen molar-refractivity contribution < 1.29 is 54.8 Å². The summed E-state index contributed by atoms with van der Waals surface area (Å²) >= 11 is 0. The fraction of sp³-hybridized carbons (Fsp3) is 0.350. The Bertz CT molecular complexity index is 1020. The van der Waals surface area contributed by atoms with Gasteiger partial charge in [0.1, 0.15) is 34.5 Å².